The van der Waals surface area contributed by atoms with Gasteiger partial charge in [0.15, 0.2) is 0 Å². The van der Waals surface area contributed by atoms with E-state index in [1.165, 1.54) is 6.42 Å². The summed E-state index contributed by atoms with van der Waals surface area (Å²) in [5, 5.41) is 11.0. The van der Waals surface area contributed by atoms with Crippen molar-refractivity contribution in [1.29, 1.82) is 0 Å². The fourth-order valence-corrected chi connectivity index (χ4v) is 2.53. The van der Waals surface area contributed by atoms with E-state index in [0.29, 0.717) is 12.6 Å². The van der Waals surface area contributed by atoms with Crippen LogP contribution in [0.3, 0.4) is 0 Å². The Balaban J connectivity index is 0.000000270. The maximum absolute atomic E-state index is 12.0. The first-order chi connectivity index (χ1) is 11.1. The molecule has 1 aromatic rings. The molecule has 1 unspecified atom stereocenters. The third-order valence-electron chi connectivity index (χ3n) is 4.24. The van der Waals surface area contributed by atoms with Gasteiger partial charge in [0.1, 0.15) is 0 Å². The Morgan fingerprint density at radius 2 is 1.92 bits per heavy atom. The zero-order valence-corrected chi connectivity index (χ0v) is 16.4. The third kappa shape index (κ3) is 4.52. The first-order valence-corrected chi connectivity index (χ1v) is 7.61. The van der Waals surface area contributed by atoms with Crippen molar-refractivity contribution >= 4 is 18.7 Å². The number of carboxylic acid groups (broad SMARTS) is 1. The second-order valence-electron chi connectivity index (χ2n) is 5.83. The van der Waals surface area contributed by atoms with E-state index in [1.54, 1.807) is 4.90 Å². The van der Waals surface area contributed by atoms with Crippen LogP contribution >= 0.6 is 0 Å². The Kier molecular flexibility index (Phi) is 7.77. The third-order valence-corrected chi connectivity index (χ3v) is 4.24. The molecule has 4 rings (SSSR count). The maximum atomic E-state index is 12.0. The molecule has 2 heterocycles. The smallest absolute Gasteiger partial charge is 0.660 e. The van der Waals surface area contributed by atoms with E-state index in [-0.39, 0.29) is 33.4 Å². The fraction of sp³-hybridized carbons (Fsp3) is 0.471. The number of amides is 1. The number of fused-ring (bicyclic) bond motifs is 1. The van der Waals surface area contributed by atoms with Crippen LogP contribution < -0.4 is 0 Å². The molecular formula is C17H20N2O4W. The molecule has 0 radical (unpaired) electrons. The van der Waals surface area contributed by atoms with Gasteiger partial charge in [-0.05, 0) is 11.6 Å². The predicted octanol–water partition coefficient (Wildman–Crippen LogP) is 2.14. The van der Waals surface area contributed by atoms with E-state index < -0.39 is 5.54 Å². The van der Waals surface area contributed by atoms with Gasteiger partial charge in [0.25, 0.3) is 12.4 Å². The van der Waals surface area contributed by atoms with Crippen molar-refractivity contribution in [2.24, 2.45) is 0 Å². The first-order valence-electron chi connectivity index (χ1n) is 7.61. The molecule has 2 aliphatic heterocycles. The van der Waals surface area contributed by atoms with Crippen LogP contribution in [-0.2, 0) is 37.2 Å². The minimum atomic E-state index is -0.601. The van der Waals surface area contributed by atoms with Gasteiger partial charge in [0.2, 0.25) is 0 Å². The summed E-state index contributed by atoms with van der Waals surface area (Å²) in [4.78, 5) is 32.9. The van der Waals surface area contributed by atoms with Crippen molar-refractivity contribution in [2.45, 2.75) is 44.3 Å². The second kappa shape index (κ2) is 9.09. The second-order valence-corrected chi connectivity index (χ2v) is 5.83. The first kappa shape index (κ1) is 20.5. The molecule has 2 fully saturated rings. The van der Waals surface area contributed by atoms with Crippen molar-refractivity contribution in [1.82, 2.24) is 4.90 Å². The number of carbonyl (C=O) groups excluding carboxylic acids is 2. The molecule has 1 saturated heterocycles. The Morgan fingerprint density at radius 1 is 1.38 bits per heavy atom. The Morgan fingerprint density at radius 3 is 2.29 bits per heavy atom. The number of benzene rings is 1. The fourth-order valence-electron chi connectivity index (χ4n) is 2.53. The van der Waals surface area contributed by atoms with Gasteiger partial charge in [-0.1, -0.05) is 49.9 Å². The van der Waals surface area contributed by atoms with Crippen molar-refractivity contribution in [2.75, 3.05) is 6.54 Å². The molecule has 128 valence electrons. The standard InChI is InChI=1S/C12H10NO2.C4H8N.CH2O2.W/c14-8-12(5-6-12)13-7-9-3-1-2-4-10(9)11(13)15;1-4-2-3-5-4;2-1-3;/h1-4H,5-7H2;4H,2-3H2,1H3;1H,(H,2,3);/q2*-1;;+2. The summed E-state index contributed by atoms with van der Waals surface area (Å²) < 4.78 is 0. The van der Waals surface area contributed by atoms with E-state index in [0.717, 1.165) is 30.5 Å². The average molecular weight is 500 g/mol. The molecule has 1 N–H and O–H groups in total. The molecule has 1 amide bonds. The largest absolute Gasteiger partial charge is 2.00 e. The quantitative estimate of drug-likeness (QED) is 0.498. The topological polar surface area (TPSA) is 88.8 Å². The number of nitrogens with zero attached hydrogens (tertiary/aromatic N) is 2. The number of hydrogen-bond acceptors (Lipinski definition) is 3. The van der Waals surface area contributed by atoms with Crippen molar-refractivity contribution in [3.05, 3.63) is 40.7 Å². The van der Waals surface area contributed by atoms with Crippen molar-refractivity contribution < 1.29 is 40.6 Å². The van der Waals surface area contributed by atoms with Gasteiger partial charge >= 0.3 is 21.1 Å². The molecule has 0 bridgehead atoms. The Bertz CT molecular complexity index is 586. The van der Waals surface area contributed by atoms with Crippen LogP contribution in [0.2, 0.25) is 0 Å². The zero-order chi connectivity index (χ0) is 16.9. The van der Waals surface area contributed by atoms with Crippen LogP contribution in [0.4, 0.5) is 0 Å². The average Bonchev–Trinajstić information content (AvgIpc) is 3.26. The molecule has 1 saturated carbocycles. The Hall–Kier alpha value is -1.52. The van der Waals surface area contributed by atoms with Crippen molar-refractivity contribution in [3.63, 3.8) is 0 Å². The molecule has 6 nitrogen and oxygen atoms in total. The van der Waals surface area contributed by atoms with Crippen LogP contribution in [0.25, 0.3) is 5.32 Å². The number of hydrogen-bond donors (Lipinski definition) is 1. The van der Waals surface area contributed by atoms with Gasteiger partial charge in [0, 0.05) is 12.1 Å². The van der Waals surface area contributed by atoms with Crippen LogP contribution in [-0.4, -0.2) is 46.8 Å². The van der Waals surface area contributed by atoms with Gasteiger partial charge in [0.05, 0.1) is 0 Å². The Labute approximate surface area is 155 Å². The summed E-state index contributed by atoms with van der Waals surface area (Å²) in [6.45, 7) is 3.56. The van der Waals surface area contributed by atoms with Gasteiger partial charge in [-0.2, -0.15) is 6.54 Å². The van der Waals surface area contributed by atoms with Crippen LogP contribution in [0.1, 0.15) is 42.1 Å². The maximum Gasteiger partial charge on any atom is 2.00 e. The molecule has 0 aromatic heterocycles. The minimum absolute atomic E-state index is 0. The predicted molar refractivity (Wildman–Crippen MR) is 85.0 cm³/mol. The van der Waals surface area contributed by atoms with Crippen molar-refractivity contribution in [3.8, 4) is 0 Å². The molecule has 24 heavy (non-hydrogen) atoms. The van der Waals surface area contributed by atoms with Crippen LogP contribution in [0, 0.1) is 0 Å². The van der Waals surface area contributed by atoms with Gasteiger partial charge in [-0.25, -0.2) is 6.29 Å². The number of rotatable bonds is 2. The normalized spacial score (nSPS) is 21.5. The van der Waals surface area contributed by atoms with Crippen LogP contribution in [0.15, 0.2) is 24.3 Å². The van der Waals surface area contributed by atoms with Gasteiger partial charge < -0.3 is 20.1 Å². The van der Waals surface area contributed by atoms with E-state index in [4.69, 9.17) is 9.90 Å². The van der Waals surface area contributed by atoms with E-state index >= 15 is 0 Å². The zero-order valence-electron chi connectivity index (χ0n) is 13.5. The molecule has 3 aliphatic rings. The van der Waals surface area contributed by atoms with E-state index in [9.17, 15) is 9.59 Å². The summed E-state index contributed by atoms with van der Waals surface area (Å²) in [6.07, 6.45) is 4.85. The monoisotopic (exact) mass is 500 g/mol. The SMILES string of the molecule is CC1CC[N-]1.O=CO.O=[C-]C1(N2Cc3ccccc3C2=O)CC1.[W+2]. The molecule has 0 spiro atoms. The molecule has 1 atom stereocenters. The van der Waals surface area contributed by atoms with E-state index in [2.05, 4.69) is 12.2 Å². The molecular weight excluding hydrogens is 480 g/mol. The van der Waals surface area contributed by atoms with Gasteiger partial charge in [-0.15, -0.1) is 6.04 Å². The van der Waals surface area contributed by atoms with Gasteiger partial charge in [-0.3, -0.25) is 9.59 Å². The summed E-state index contributed by atoms with van der Waals surface area (Å²) in [5.41, 5.74) is 1.15. The summed E-state index contributed by atoms with van der Waals surface area (Å²) in [7, 11) is 0. The molecule has 1 aromatic carbocycles. The van der Waals surface area contributed by atoms with E-state index in [1.807, 2.05) is 30.6 Å². The minimum Gasteiger partial charge on any atom is -0.660 e. The summed E-state index contributed by atoms with van der Waals surface area (Å²) in [5.74, 6) is -0.0218. The summed E-state index contributed by atoms with van der Waals surface area (Å²) in [6, 6.07) is 8.21. The number of carbonyl (C=O) groups is 2. The molecule has 1 aliphatic carbocycles. The van der Waals surface area contributed by atoms with Crippen LogP contribution in [0.5, 0.6) is 0 Å². The summed E-state index contributed by atoms with van der Waals surface area (Å²) >= 11 is 0. The molecule has 7 heteroatoms.